The van der Waals surface area contributed by atoms with Crippen molar-refractivity contribution in [2.24, 2.45) is 13.0 Å². The van der Waals surface area contributed by atoms with Crippen LogP contribution in [-0.2, 0) is 18.3 Å². The minimum Gasteiger partial charge on any atom is -0.461 e. The standard InChI is InChI=1S/C13H19N5O3/c1-4-21-13(20)11-12(10-5-14-17(3)7-10)18(16-15-11)6-9(2)8-19/h5,7,9,19H,4,6,8H2,1-3H3. The van der Waals surface area contributed by atoms with Gasteiger partial charge in [-0.25, -0.2) is 9.48 Å². The van der Waals surface area contributed by atoms with Crippen LogP contribution >= 0.6 is 0 Å². The number of carbonyl (C=O) groups is 1. The molecule has 0 saturated heterocycles. The number of esters is 1. The predicted octanol–water partition coefficient (Wildman–Crippen LogP) is 0.484. The van der Waals surface area contributed by atoms with Gasteiger partial charge in [-0.1, -0.05) is 12.1 Å². The molecule has 0 aliphatic heterocycles. The zero-order valence-electron chi connectivity index (χ0n) is 12.4. The van der Waals surface area contributed by atoms with Crippen molar-refractivity contribution in [1.29, 1.82) is 0 Å². The smallest absolute Gasteiger partial charge is 0.361 e. The number of carbonyl (C=O) groups excluding carboxylic acids is 1. The molecule has 0 aromatic carbocycles. The first kappa shape index (κ1) is 15.2. The number of rotatable bonds is 6. The molecule has 2 rings (SSSR count). The molecule has 8 nitrogen and oxygen atoms in total. The molecule has 1 unspecified atom stereocenters. The first-order chi connectivity index (χ1) is 10.1. The maximum Gasteiger partial charge on any atom is 0.361 e. The van der Waals surface area contributed by atoms with Gasteiger partial charge in [0, 0.05) is 32.0 Å². The second-order valence-electron chi connectivity index (χ2n) is 4.88. The van der Waals surface area contributed by atoms with Gasteiger partial charge in [-0.05, 0) is 12.8 Å². The summed E-state index contributed by atoms with van der Waals surface area (Å²) in [5.41, 5.74) is 1.45. The van der Waals surface area contributed by atoms with Crippen LogP contribution in [0.4, 0.5) is 0 Å². The van der Waals surface area contributed by atoms with E-state index in [9.17, 15) is 9.90 Å². The number of aryl methyl sites for hydroxylation is 1. The summed E-state index contributed by atoms with van der Waals surface area (Å²) in [6.45, 7) is 4.37. The van der Waals surface area contributed by atoms with E-state index in [2.05, 4.69) is 15.4 Å². The SMILES string of the molecule is CCOC(=O)c1nnn(CC(C)CO)c1-c1cnn(C)c1. The van der Waals surface area contributed by atoms with Crippen LogP contribution in [0.1, 0.15) is 24.3 Å². The van der Waals surface area contributed by atoms with E-state index in [-0.39, 0.29) is 24.8 Å². The van der Waals surface area contributed by atoms with Crippen molar-refractivity contribution in [1.82, 2.24) is 24.8 Å². The summed E-state index contributed by atoms with van der Waals surface area (Å²) in [4.78, 5) is 12.0. The molecular formula is C13H19N5O3. The molecule has 2 aromatic heterocycles. The number of nitrogens with zero attached hydrogens (tertiary/aromatic N) is 5. The molecular weight excluding hydrogens is 274 g/mol. The van der Waals surface area contributed by atoms with Crippen molar-refractivity contribution in [3.63, 3.8) is 0 Å². The van der Waals surface area contributed by atoms with Crippen molar-refractivity contribution < 1.29 is 14.6 Å². The summed E-state index contributed by atoms with van der Waals surface area (Å²) in [5, 5.41) is 21.2. The molecule has 0 saturated carbocycles. The highest BCUT2D eigenvalue weighted by molar-refractivity contribution is 5.93. The molecule has 114 valence electrons. The first-order valence-electron chi connectivity index (χ1n) is 6.77. The molecule has 0 amide bonds. The van der Waals surface area contributed by atoms with Gasteiger partial charge in [0.05, 0.1) is 12.8 Å². The van der Waals surface area contributed by atoms with E-state index in [1.165, 1.54) is 0 Å². The number of aliphatic hydroxyl groups is 1. The topological polar surface area (TPSA) is 95.1 Å². The highest BCUT2D eigenvalue weighted by Crippen LogP contribution is 2.23. The zero-order chi connectivity index (χ0) is 15.4. The quantitative estimate of drug-likeness (QED) is 0.779. The Bertz CT molecular complexity index is 619. The number of ether oxygens (including phenoxy) is 1. The van der Waals surface area contributed by atoms with Gasteiger partial charge < -0.3 is 9.84 Å². The molecule has 2 aromatic rings. The molecule has 8 heteroatoms. The van der Waals surface area contributed by atoms with E-state index in [1.807, 2.05) is 6.92 Å². The van der Waals surface area contributed by atoms with E-state index >= 15 is 0 Å². The van der Waals surface area contributed by atoms with Crippen LogP contribution in [0.15, 0.2) is 12.4 Å². The van der Waals surface area contributed by atoms with Gasteiger partial charge in [-0.15, -0.1) is 5.10 Å². The third-order valence-electron chi connectivity index (χ3n) is 2.98. The Kier molecular flexibility index (Phi) is 4.69. The summed E-state index contributed by atoms with van der Waals surface area (Å²) >= 11 is 0. The summed E-state index contributed by atoms with van der Waals surface area (Å²) in [6, 6.07) is 0. The monoisotopic (exact) mass is 293 g/mol. The Morgan fingerprint density at radius 2 is 2.29 bits per heavy atom. The fourth-order valence-electron chi connectivity index (χ4n) is 1.96. The van der Waals surface area contributed by atoms with Crippen molar-refractivity contribution in [2.75, 3.05) is 13.2 Å². The van der Waals surface area contributed by atoms with E-state index in [4.69, 9.17) is 4.74 Å². The van der Waals surface area contributed by atoms with Crippen LogP contribution < -0.4 is 0 Å². The fourth-order valence-corrected chi connectivity index (χ4v) is 1.96. The zero-order valence-corrected chi connectivity index (χ0v) is 12.4. The summed E-state index contributed by atoms with van der Waals surface area (Å²) < 4.78 is 8.25. The minimum absolute atomic E-state index is 0.00262. The van der Waals surface area contributed by atoms with Crippen LogP contribution in [0.25, 0.3) is 11.3 Å². The van der Waals surface area contributed by atoms with Gasteiger partial charge in [0.15, 0.2) is 5.69 Å². The molecule has 2 heterocycles. The normalized spacial score (nSPS) is 12.4. The lowest BCUT2D eigenvalue weighted by molar-refractivity contribution is 0.0520. The maximum absolute atomic E-state index is 12.0. The fraction of sp³-hybridized carbons (Fsp3) is 0.538. The summed E-state index contributed by atoms with van der Waals surface area (Å²) in [6.07, 6.45) is 3.42. The lowest BCUT2D eigenvalue weighted by Crippen LogP contribution is -2.14. The van der Waals surface area contributed by atoms with Crippen LogP contribution in [0.5, 0.6) is 0 Å². The second-order valence-corrected chi connectivity index (χ2v) is 4.88. The van der Waals surface area contributed by atoms with Crippen LogP contribution in [0.2, 0.25) is 0 Å². The van der Waals surface area contributed by atoms with Gasteiger partial charge in [-0.3, -0.25) is 4.68 Å². The average Bonchev–Trinajstić information content (AvgIpc) is 3.05. The molecule has 1 atom stereocenters. The van der Waals surface area contributed by atoms with Crippen LogP contribution in [0, 0.1) is 5.92 Å². The average molecular weight is 293 g/mol. The Labute approximate surface area is 122 Å². The Morgan fingerprint density at radius 3 is 2.86 bits per heavy atom. The largest absolute Gasteiger partial charge is 0.461 e. The van der Waals surface area contributed by atoms with Crippen LogP contribution in [0.3, 0.4) is 0 Å². The van der Waals surface area contributed by atoms with Gasteiger partial charge >= 0.3 is 5.97 Å². The number of aliphatic hydroxyl groups excluding tert-OH is 1. The van der Waals surface area contributed by atoms with E-state index in [1.54, 1.807) is 35.7 Å². The minimum atomic E-state index is -0.515. The Hall–Kier alpha value is -2.22. The molecule has 0 fully saturated rings. The maximum atomic E-state index is 12.0. The van der Waals surface area contributed by atoms with Gasteiger partial charge in [0.2, 0.25) is 0 Å². The van der Waals surface area contributed by atoms with E-state index < -0.39 is 5.97 Å². The van der Waals surface area contributed by atoms with Gasteiger partial charge in [0.1, 0.15) is 5.69 Å². The summed E-state index contributed by atoms with van der Waals surface area (Å²) in [7, 11) is 1.79. The van der Waals surface area contributed by atoms with Gasteiger partial charge in [-0.2, -0.15) is 5.10 Å². The summed E-state index contributed by atoms with van der Waals surface area (Å²) in [5.74, 6) is -0.517. The molecule has 21 heavy (non-hydrogen) atoms. The van der Waals surface area contributed by atoms with Crippen LogP contribution in [-0.4, -0.2) is 49.1 Å². The molecule has 0 bridgehead atoms. The highest BCUT2D eigenvalue weighted by Gasteiger charge is 2.23. The molecule has 0 radical (unpaired) electrons. The number of hydrogen-bond acceptors (Lipinski definition) is 6. The van der Waals surface area contributed by atoms with E-state index in [0.717, 1.165) is 5.56 Å². The Balaban J connectivity index is 2.44. The third kappa shape index (κ3) is 3.27. The Morgan fingerprint density at radius 1 is 1.52 bits per heavy atom. The number of hydrogen-bond donors (Lipinski definition) is 1. The van der Waals surface area contributed by atoms with Crippen molar-refractivity contribution >= 4 is 5.97 Å². The molecule has 0 aliphatic rings. The lowest BCUT2D eigenvalue weighted by atomic mass is 10.1. The lowest BCUT2D eigenvalue weighted by Gasteiger charge is -2.10. The molecule has 1 N–H and O–H groups in total. The predicted molar refractivity (Wildman–Crippen MR) is 74.4 cm³/mol. The van der Waals surface area contributed by atoms with Gasteiger partial charge in [0.25, 0.3) is 0 Å². The van der Waals surface area contributed by atoms with E-state index in [0.29, 0.717) is 12.2 Å². The molecule has 0 aliphatic carbocycles. The van der Waals surface area contributed by atoms with Crippen molar-refractivity contribution in [3.05, 3.63) is 18.1 Å². The first-order valence-corrected chi connectivity index (χ1v) is 6.77. The van der Waals surface area contributed by atoms with Crippen molar-refractivity contribution in [3.8, 4) is 11.3 Å². The van der Waals surface area contributed by atoms with Crippen molar-refractivity contribution in [2.45, 2.75) is 20.4 Å². The highest BCUT2D eigenvalue weighted by atomic mass is 16.5. The third-order valence-corrected chi connectivity index (χ3v) is 2.98. The second kappa shape index (κ2) is 6.49. The number of aromatic nitrogens is 5. The molecule has 0 spiro atoms.